The Morgan fingerprint density at radius 3 is 2.53 bits per heavy atom. The first-order chi connectivity index (χ1) is 7.18. The van der Waals surface area contributed by atoms with Gasteiger partial charge in [0.1, 0.15) is 0 Å². The second-order valence-corrected chi connectivity index (χ2v) is 3.79. The number of pyridine rings is 1. The summed E-state index contributed by atoms with van der Waals surface area (Å²) in [6.45, 7) is 0. The van der Waals surface area contributed by atoms with Gasteiger partial charge in [-0.15, -0.1) is 0 Å². The number of nitrogens with zero attached hydrogens (tertiary/aromatic N) is 1. The molecule has 1 heterocycles. The van der Waals surface area contributed by atoms with Crippen LogP contribution in [0.4, 0.5) is 4.39 Å². The molecule has 0 aliphatic heterocycles. The molecular formula is C11H6Cl2FN. The van der Waals surface area contributed by atoms with Crippen molar-refractivity contribution in [3.63, 3.8) is 0 Å². The Balaban J connectivity index is 2.55. The fourth-order valence-electron chi connectivity index (χ4n) is 1.27. The van der Waals surface area contributed by atoms with Crippen molar-refractivity contribution in [3.05, 3.63) is 52.5 Å². The van der Waals surface area contributed by atoms with Gasteiger partial charge in [-0.2, -0.15) is 4.39 Å². The van der Waals surface area contributed by atoms with Gasteiger partial charge < -0.3 is 0 Å². The number of benzene rings is 1. The smallest absolute Gasteiger partial charge is 0.220 e. The summed E-state index contributed by atoms with van der Waals surface area (Å²) in [4.78, 5) is 3.56. The molecule has 4 heteroatoms. The Kier molecular flexibility index (Phi) is 2.89. The standard InChI is InChI=1S/C11H6Cl2FN/c12-9-4-3-7(6-10(9)13)8-2-1-5-15-11(8)14/h1-6H. The summed E-state index contributed by atoms with van der Waals surface area (Å²) in [7, 11) is 0. The Bertz CT molecular complexity index is 500. The lowest BCUT2D eigenvalue weighted by atomic mass is 10.1. The van der Waals surface area contributed by atoms with Crippen LogP contribution in [0.5, 0.6) is 0 Å². The van der Waals surface area contributed by atoms with E-state index in [1.807, 2.05) is 0 Å². The number of hydrogen-bond acceptors (Lipinski definition) is 1. The van der Waals surface area contributed by atoms with Crippen molar-refractivity contribution in [3.8, 4) is 11.1 Å². The molecular weight excluding hydrogens is 236 g/mol. The fourth-order valence-corrected chi connectivity index (χ4v) is 1.56. The summed E-state index contributed by atoms with van der Waals surface area (Å²) >= 11 is 11.6. The van der Waals surface area contributed by atoms with E-state index in [9.17, 15) is 4.39 Å². The molecule has 2 aromatic rings. The van der Waals surface area contributed by atoms with E-state index >= 15 is 0 Å². The SMILES string of the molecule is Fc1ncccc1-c1ccc(Cl)c(Cl)c1. The van der Waals surface area contributed by atoms with Gasteiger partial charge >= 0.3 is 0 Å². The minimum absolute atomic E-state index is 0.400. The molecule has 0 aliphatic rings. The largest absolute Gasteiger partial charge is 0.228 e. The number of hydrogen-bond donors (Lipinski definition) is 0. The first kappa shape index (κ1) is 10.4. The van der Waals surface area contributed by atoms with Crippen molar-refractivity contribution in [2.24, 2.45) is 0 Å². The Hall–Kier alpha value is -1.12. The van der Waals surface area contributed by atoms with E-state index in [-0.39, 0.29) is 0 Å². The number of halogens is 3. The monoisotopic (exact) mass is 241 g/mol. The summed E-state index contributed by atoms with van der Waals surface area (Å²) in [6, 6.07) is 8.26. The van der Waals surface area contributed by atoms with Crippen LogP contribution >= 0.6 is 23.2 Å². The van der Waals surface area contributed by atoms with Gasteiger partial charge in [0.25, 0.3) is 0 Å². The molecule has 0 spiro atoms. The van der Waals surface area contributed by atoms with E-state index < -0.39 is 5.95 Å². The molecule has 0 saturated heterocycles. The second-order valence-electron chi connectivity index (χ2n) is 2.97. The maximum atomic E-state index is 13.3. The molecule has 15 heavy (non-hydrogen) atoms. The molecule has 0 saturated carbocycles. The normalized spacial score (nSPS) is 10.3. The van der Waals surface area contributed by atoms with E-state index in [0.717, 1.165) is 0 Å². The molecule has 2 rings (SSSR count). The van der Waals surface area contributed by atoms with E-state index in [2.05, 4.69) is 4.98 Å². The van der Waals surface area contributed by atoms with Crippen LogP contribution in [0.3, 0.4) is 0 Å². The maximum absolute atomic E-state index is 13.3. The van der Waals surface area contributed by atoms with Crippen molar-refractivity contribution in [1.82, 2.24) is 4.98 Å². The lowest BCUT2D eigenvalue weighted by Gasteiger charge is -2.03. The van der Waals surface area contributed by atoms with E-state index in [1.54, 1.807) is 30.3 Å². The average Bonchev–Trinajstić information content (AvgIpc) is 2.23. The first-order valence-corrected chi connectivity index (χ1v) is 5.00. The fraction of sp³-hybridized carbons (Fsp3) is 0. The Morgan fingerprint density at radius 2 is 1.87 bits per heavy atom. The van der Waals surface area contributed by atoms with E-state index in [4.69, 9.17) is 23.2 Å². The van der Waals surface area contributed by atoms with Crippen LogP contribution in [0.15, 0.2) is 36.5 Å². The zero-order chi connectivity index (χ0) is 10.8. The summed E-state index contributed by atoms with van der Waals surface area (Å²) < 4.78 is 13.3. The van der Waals surface area contributed by atoms with Crippen LogP contribution < -0.4 is 0 Å². The predicted octanol–water partition coefficient (Wildman–Crippen LogP) is 4.19. The molecule has 1 aromatic heterocycles. The molecule has 0 aliphatic carbocycles. The molecule has 1 aromatic carbocycles. The van der Waals surface area contributed by atoms with Gasteiger partial charge in [-0.3, -0.25) is 0 Å². The highest BCUT2D eigenvalue weighted by Gasteiger charge is 2.06. The van der Waals surface area contributed by atoms with Crippen molar-refractivity contribution in [2.75, 3.05) is 0 Å². The molecule has 0 N–H and O–H groups in total. The van der Waals surface area contributed by atoms with Gasteiger partial charge in [-0.05, 0) is 29.8 Å². The highest BCUT2D eigenvalue weighted by molar-refractivity contribution is 6.42. The lowest BCUT2D eigenvalue weighted by molar-refractivity contribution is 0.587. The molecule has 0 unspecified atom stereocenters. The van der Waals surface area contributed by atoms with Crippen LogP contribution in [-0.2, 0) is 0 Å². The van der Waals surface area contributed by atoms with Gasteiger partial charge in [0, 0.05) is 11.8 Å². The average molecular weight is 242 g/mol. The van der Waals surface area contributed by atoms with Crippen LogP contribution in [0.1, 0.15) is 0 Å². The molecule has 0 radical (unpaired) electrons. The van der Waals surface area contributed by atoms with Gasteiger partial charge in [-0.1, -0.05) is 29.3 Å². The third kappa shape index (κ3) is 2.11. The quantitative estimate of drug-likeness (QED) is 0.683. The molecule has 0 amide bonds. The molecule has 0 fully saturated rings. The summed E-state index contributed by atoms with van der Waals surface area (Å²) in [5, 5.41) is 0.849. The zero-order valence-corrected chi connectivity index (χ0v) is 9.06. The minimum Gasteiger partial charge on any atom is -0.228 e. The summed E-state index contributed by atoms with van der Waals surface area (Å²) in [6.07, 6.45) is 1.40. The Morgan fingerprint density at radius 1 is 1.07 bits per heavy atom. The van der Waals surface area contributed by atoms with Gasteiger partial charge in [0.2, 0.25) is 5.95 Å². The first-order valence-electron chi connectivity index (χ1n) is 4.24. The second kappa shape index (κ2) is 4.17. The van der Waals surface area contributed by atoms with Crippen LogP contribution in [0.2, 0.25) is 10.0 Å². The van der Waals surface area contributed by atoms with Gasteiger partial charge in [0.05, 0.1) is 10.0 Å². The zero-order valence-electron chi connectivity index (χ0n) is 7.55. The number of aromatic nitrogens is 1. The van der Waals surface area contributed by atoms with Crippen molar-refractivity contribution in [2.45, 2.75) is 0 Å². The number of rotatable bonds is 1. The van der Waals surface area contributed by atoms with Crippen LogP contribution in [0, 0.1) is 5.95 Å². The van der Waals surface area contributed by atoms with Gasteiger partial charge in [0.15, 0.2) is 0 Å². The summed E-state index contributed by atoms with van der Waals surface area (Å²) in [5.74, 6) is -0.518. The van der Waals surface area contributed by atoms with E-state index in [1.165, 1.54) is 6.20 Å². The van der Waals surface area contributed by atoms with Gasteiger partial charge in [-0.25, -0.2) is 4.98 Å². The molecule has 76 valence electrons. The Labute approximate surface area is 96.5 Å². The van der Waals surface area contributed by atoms with Crippen molar-refractivity contribution in [1.29, 1.82) is 0 Å². The third-order valence-electron chi connectivity index (χ3n) is 1.99. The minimum atomic E-state index is -0.518. The van der Waals surface area contributed by atoms with Crippen LogP contribution in [0.25, 0.3) is 11.1 Å². The third-order valence-corrected chi connectivity index (χ3v) is 2.73. The van der Waals surface area contributed by atoms with Crippen molar-refractivity contribution >= 4 is 23.2 Å². The maximum Gasteiger partial charge on any atom is 0.220 e. The van der Waals surface area contributed by atoms with Crippen molar-refractivity contribution < 1.29 is 4.39 Å². The molecule has 0 atom stereocenters. The predicted molar refractivity (Wildman–Crippen MR) is 59.7 cm³/mol. The highest BCUT2D eigenvalue weighted by atomic mass is 35.5. The lowest BCUT2D eigenvalue weighted by Crippen LogP contribution is -1.87. The molecule has 1 nitrogen and oxygen atoms in total. The highest BCUT2D eigenvalue weighted by Crippen LogP contribution is 2.29. The topological polar surface area (TPSA) is 12.9 Å². The molecule has 0 bridgehead atoms. The van der Waals surface area contributed by atoms with E-state index in [0.29, 0.717) is 21.2 Å². The summed E-state index contributed by atoms with van der Waals surface area (Å²) in [5.41, 5.74) is 1.08. The van der Waals surface area contributed by atoms with Crippen LogP contribution in [-0.4, -0.2) is 4.98 Å².